The van der Waals surface area contributed by atoms with E-state index >= 15 is 0 Å². The number of aliphatic hydroxyl groups excluding tert-OH is 1. The second-order valence-corrected chi connectivity index (χ2v) is 8.40. The molecule has 0 spiro atoms. The van der Waals surface area contributed by atoms with E-state index in [1.54, 1.807) is 39.0 Å². The summed E-state index contributed by atoms with van der Waals surface area (Å²) in [6.45, 7) is 5.28. The summed E-state index contributed by atoms with van der Waals surface area (Å²) in [5, 5.41) is 14.8. The molecule has 0 bridgehead atoms. The fourth-order valence-corrected chi connectivity index (χ4v) is 3.41. The number of hydrogen-bond acceptors (Lipinski definition) is 6. The first-order valence-electron chi connectivity index (χ1n) is 9.98. The molecule has 2 aliphatic rings. The van der Waals surface area contributed by atoms with Gasteiger partial charge >= 0.3 is 6.09 Å². The minimum Gasteiger partial charge on any atom is -0.444 e. The molecule has 3 rings (SSSR count). The number of piperidine rings is 1. The topological polar surface area (TPSA) is 125 Å². The summed E-state index contributed by atoms with van der Waals surface area (Å²) in [4.78, 5) is 49.5. The van der Waals surface area contributed by atoms with Gasteiger partial charge in [-0.1, -0.05) is 17.9 Å². The monoisotopic (exact) mass is 427 g/mol. The van der Waals surface area contributed by atoms with Gasteiger partial charge in [0.25, 0.3) is 5.91 Å². The molecule has 3 N–H and O–H groups in total. The molecular weight excluding hydrogens is 402 g/mol. The van der Waals surface area contributed by atoms with Crippen LogP contribution < -0.4 is 10.6 Å². The summed E-state index contributed by atoms with van der Waals surface area (Å²) in [5.74, 6) is 4.39. The number of nitrogens with zero attached hydrogens (tertiary/aromatic N) is 1. The lowest BCUT2D eigenvalue weighted by Crippen LogP contribution is -2.52. The van der Waals surface area contributed by atoms with Crippen LogP contribution in [-0.2, 0) is 20.9 Å². The highest BCUT2D eigenvalue weighted by molar-refractivity contribution is 6.05. The number of fused-ring (bicyclic) bond motifs is 1. The van der Waals surface area contributed by atoms with Gasteiger partial charge in [0.2, 0.25) is 11.8 Å². The van der Waals surface area contributed by atoms with Gasteiger partial charge < -0.3 is 20.1 Å². The Hall–Kier alpha value is -3.38. The van der Waals surface area contributed by atoms with Crippen LogP contribution in [0.4, 0.5) is 4.79 Å². The number of ether oxygens (including phenoxy) is 1. The second-order valence-electron chi connectivity index (χ2n) is 8.40. The van der Waals surface area contributed by atoms with E-state index in [4.69, 9.17) is 4.74 Å². The van der Waals surface area contributed by atoms with Gasteiger partial charge in [-0.15, -0.1) is 0 Å². The third kappa shape index (κ3) is 5.41. The van der Waals surface area contributed by atoms with Crippen molar-refractivity contribution in [3.63, 3.8) is 0 Å². The fraction of sp³-hybridized carbons (Fsp3) is 0.455. The number of carbonyl (C=O) groups excluding carboxylic acids is 4. The van der Waals surface area contributed by atoms with Gasteiger partial charge in [0, 0.05) is 24.1 Å². The van der Waals surface area contributed by atoms with Crippen LogP contribution in [-0.4, -0.2) is 58.1 Å². The number of rotatable bonds is 3. The molecule has 1 saturated heterocycles. The Morgan fingerprint density at radius 2 is 2.10 bits per heavy atom. The quantitative estimate of drug-likeness (QED) is 0.481. The maximum atomic E-state index is 12.8. The number of imide groups is 1. The SMILES string of the molecule is CC(C)(C)OC(=O)NCC(O)C#Cc1cccc2c1CN(C1CCC(=O)NC1=O)C2=O. The van der Waals surface area contributed by atoms with Crippen molar-refractivity contribution in [1.82, 2.24) is 15.5 Å². The first-order valence-corrected chi connectivity index (χ1v) is 9.98. The van der Waals surface area contributed by atoms with Crippen molar-refractivity contribution in [1.29, 1.82) is 0 Å². The lowest BCUT2D eigenvalue weighted by Gasteiger charge is -2.29. The van der Waals surface area contributed by atoms with Gasteiger partial charge in [-0.3, -0.25) is 19.7 Å². The normalized spacial score (nSPS) is 19.2. The van der Waals surface area contributed by atoms with E-state index in [1.807, 2.05) is 0 Å². The van der Waals surface area contributed by atoms with Gasteiger partial charge in [0.1, 0.15) is 17.7 Å². The zero-order valence-electron chi connectivity index (χ0n) is 17.7. The van der Waals surface area contributed by atoms with Crippen molar-refractivity contribution >= 4 is 23.8 Å². The average molecular weight is 427 g/mol. The molecule has 1 aromatic carbocycles. The minimum atomic E-state index is -1.13. The summed E-state index contributed by atoms with van der Waals surface area (Å²) < 4.78 is 5.10. The molecule has 31 heavy (non-hydrogen) atoms. The molecule has 0 aliphatic carbocycles. The van der Waals surface area contributed by atoms with Crippen molar-refractivity contribution in [2.75, 3.05) is 6.54 Å². The lowest BCUT2D eigenvalue weighted by atomic mass is 10.0. The van der Waals surface area contributed by atoms with Gasteiger partial charge in [0.05, 0.1) is 6.54 Å². The first kappa shape index (κ1) is 22.3. The van der Waals surface area contributed by atoms with Crippen LogP contribution >= 0.6 is 0 Å². The van der Waals surface area contributed by atoms with Crippen LogP contribution in [0, 0.1) is 11.8 Å². The molecule has 0 saturated carbocycles. The minimum absolute atomic E-state index is 0.113. The number of benzene rings is 1. The summed E-state index contributed by atoms with van der Waals surface area (Å²) in [6, 6.07) is 4.36. The van der Waals surface area contributed by atoms with E-state index in [1.165, 1.54) is 4.90 Å². The molecule has 4 amide bonds. The Labute approximate surface area is 180 Å². The third-order valence-electron chi connectivity index (χ3n) is 4.79. The van der Waals surface area contributed by atoms with E-state index in [-0.39, 0.29) is 37.7 Å². The lowest BCUT2D eigenvalue weighted by molar-refractivity contribution is -0.136. The van der Waals surface area contributed by atoms with Crippen LogP contribution in [0.15, 0.2) is 18.2 Å². The molecule has 2 unspecified atom stereocenters. The van der Waals surface area contributed by atoms with E-state index in [0.29, 0.717) is 16.7 Å². The Morgan fingerprint density at radius 1 is 1.35 bits per heavy atom. The predicted molar refractivity (Wildman–Crippen MR) is 110 cm³/mol. The molecule has 1 aromatic rings. The van der Waals surface area contributed by atoms with Crippen LogP contribution in [0.2, 0.25) is 0 Å². The summed E-state index contributed by atoms with van der Waals surface area (Å²) >= 11 is 0. The van der Waals surface area contributed by atoms with E-state index in [2.05, 4.69) is 22.5 Å². The fourth-order valence-electron chi connectivity index (χ4n) is 3.41. The van der Waals surface area contributed by atoms with Gasteiger partial charge in [0.15, 0.2) is 0 Å². The number of hydrogen-bond donors (Lipinski definition) is 3. The van der Waals surface area contributed by atoms with Crippen LogP contribution in [0.1, 0.15) is 55.1 Å². The maximum Gasteiger partial charge on any atom is 0.407 e. The second kappa shape index (κ2) is 8.78. The van der Waals surface area contributed by atoms with E-state index in [9.17, 15) is 24.3 Å². The number of nitrogens with one attached hydrogen (secondary N) is 2. The molecule has 2 heterocycles. The molecule has 1 fully saturated rings. The van der Waals surface area contributed by atoms with Gasteiger partial charge in [-0.25, -0.2) is 4.79 Å². The van der Waals surface area contributed by atoms with Crippen molar-refractivity contribution in [3.8, 4) is 11.8 Å². The molecule has 9 heteroatoms. The standard InChI is InChI=1S/C22H25N3O6/c1-22(2,3)31-21(30)23-11-14(26)8-7-13-5-4-6-15-16(13)12-25(20(15)29)17-9-10-18(27)24-19(17)28/h4-6,14,17,26H,9-12H2,1-3H3,(H,23,30)(H,24,27,28). The third-order valence-corrected chi connectivity index (χ3v) is 4.79. The van der Waals surface area contributed by atoms with Gasteiger partial charge in [-0.2, -0.15) is 0 Å². The summed E-state index contributed by atoms with van der Waals surface area (Å²) in [7, 11) is 0. The van der Waals surface area contributed by atoms with Crippen molar-refractivity contribution in [3.05, 3.63) is 34.9 Å². The zero-order valence-corrected chi connectivity index (χ0v) is 17.7. The van der Waals surface area contributed by atoms with Crippen molar-refractivity contribution in [2.24, 2.45) is 0 Å². The van der Waals surface area contributed by atoms with E-state index in [0.717, 1.165) is 0 Å². The van der Waals surface area contributed by atoms with Crippen LogP contribution in [0.25, 0.3) is 0 Å². The Morgan fingerprint density at radius 3 is 2.77 bits per heavy atom. The smallest absolute Gasteiger partial charge is 0.407 e. The number of aliphatic hydroxyl groups is 1. The highest BCUT2D eigenvalue weighted by Gasteiger charge is 2.39. The van der Waals surface area contributed by atoms with Crippen LogP contribution in [0.3, 0.4) is 0 Å². The highest BCUT2D eigenvalue weighted by Crippen LogP contribution is 2.29. The molecule has 164 valence electrons. The Balaban J connectivity index is 1.68. The van der Waals surface area contributed by atoms with Crippen molar-refractivity contribution in [2.45, 2.75) is 57.9 Å². The van der Waals surface area contributed by atoms with Crippen molar-refractivity contribution < 1.29 is 29.0 Å². The maximum absolute atomic E-state index is 12.8. The predicted octanol–water partition coefficient (Wildman–Crippen LogP) is 0.685. The average Bonchev–Trinajstić information content (AvgIpc) is 3.00. The van der Waals surface area contributed by atoms with Crippen LogP contribution in [0.5, 0.6) is 0 Å². The molecule has 0 aromatic heterocycles. The molecular formula is C22H25N3O6. The number of alkyl carbamates (subject to hydrolysis) is 1. The molecule has 2 atom stereocenters. The largest absolute Gasteiger partial charge is 0.444 e. The summed E-state index contributed by atoms with van der Waals surface area (Å²) in [5.41, 5.74) is 1.01. The zero-order chi connectivity index (χ0) is 22.8. The van der Waals surface area contributed by atoms with Gasteiger partial charge in [-0.05, 0) is 44.9 Å². The number of carbonyl (C=O) groups is 4. The number of amides is 4. The first-order chi connectivity index (χ1) is 14.5. The molecule has 0 radical (unpaired) electrons. The molecule has 2 aliphatic heterocycles. The Kier molecular flexibility index (Phi) is 6.32. The highest BCUT2D eigenvalue weighted by atomic mass is 16.6. The summed E-state index contributed by atoms with van der Waals surface area (Å²) in [6.07, 6.45) is -1.33. The van der Waals surface area contributed by atoms with E-state index < -0.39 is 29.7 Å². The Bertz CT molecular complexity index is 985. The molecule has 9 nitrogen and oxygen atoms in total.